The number of nitrogens with one attached hydrogen (secondary N) is 1. The molecule has 2 nitrogen and oxygen atoms in total. The Balaban J connectivity index is 2.42. The first-order valence-corrected chi connectivity index (χ1v) is 7.51. The van der Waals surface area contributed by atoms with Gasteiger partial charge in [0, 0.05) is 6.54 Å². The van der Waals surface area contributed by atoms with Crippen molar-refractivity contribution in [3.63, 3.8) is 0 Å². The van der Waals surface area contributed by atoms with Crippen molar-refractivity contribution in [1.82, 2.24) is 5.32 Å². The highest BCUT2D eigenvalue weighted by Gasteiger charge is 2.15. The van der Waals surface area contributed by atoms with Gasteiger partial charge in [0.25, 0.3) is 0 Å². The molecule has 0 saturated carbocycles. The number of carbonyl (C=O) groups excluding carboxylic acids is 1. The summed E-state index contributed by atoms with van der Waals surface area (Å²) in [6, 6.07) is 9.97. The molecular weight excluding hydrogens is 234 g/mol. The highest BCUT2D eigenvalue weighted by Crippen LogP contribution is 2.16. The van der Waals surface area contributed by atoms with Crippen molar-refractivity contribution in [2.45, 2.75) is 52.4 Å². The van der Waals surface area contributed by atoms with Gasteiger partial charge < -0.3 is 5.32 Å². The molecule has 2 unspecified atom stereocenters. The molecule has 1 aromatic rings. The molecule has 0 radical (unpaired) electrons. The van der Waals surface area contributed by atoms with Crippen molar-refractivity contribution < 1.29 is 4.79 Å². The average molecular weight is 261 g/mol. The van der Waals surface area contributed by atoms with E-state index in [2.05, 4.69) is 19.2 Å². The Morgan fingerprint density at radius 3 is 2.47 bits per heavy atom. The number of hydrogen-bond donors (Lipinski definition) is 1. The summed E-state index contributed by atoms with van der Waals surface area (Å²) in [5.74, 6) is 0.693. The van der Waals surface area contributed by atoms with Crippen molar-refractivity contribution in [3.05, 3.63) is 35.9 Å². The van der Waals surface area contributed by atoms with Gasteiger partial charge in [-0.25, -0.2) is 0 Å². The minimum absolute atomic E-state index is 0.0649. The van der Waals surface area contributed by atoms with E-state index in [4.69, 9.17) is 0 Å². The lowest BCUT2D eigenvalue weighted by atomic mass is 9.97. The van der Waals surface area contributed by atoms with Gasteiger partial charge in [0.05, 0.1) is 5.92 Å². The van der Waals surface area contributed by atoms with Crippen LogP contribution in [0.2, 0.25) is 0 Å². The van der Waals surface area contributed by atoms with E-state index in [1.54, 1.807) is 0 Å². The zero-order chi connectivity index (χ0) is 14.1. The topological polar surface area (TPSA) is 29.1 Å². The van der Waals surface area contributed by atoms with Gasteiger partial charge in [-0.1, -0.05) is 63.4 Å². The van der Waals surface area contributed by atoms with Crippen molar-refractivity contribution in [1.29, 1.82) is 0 Å². The summed E-state index contributed by atoms with van der Waals surface area (Å²) in [6.45, 7) is 7.19. The zero-order valence-corrected chi connectivity index (χ0v) is 12.5. The van der Waals surface area contributed by atoms with Crippen LogP contribution in [0, 0.1) is 5.92 Å². The van der Waals surface area contributed by atoms with Crippen LogP contribution in [0.1, 0.15) is 57.9 Å². The maximum atomic E-state index is 12.1. The summed E-state index contributed by atoms with van der Waals surface area (Å²) < 4.78 is 0. The average Bonchev–Trinajstić information content (AvgIpc) is 2.47. The summed E-state index contributed by atoms with van der Waals surface area (Å²) in [6.07, 6.45) is 4.83. The third-order valence-corrected chi connectivity index (χ3v) is 3.80. The second-order valence-electron chi connectivity index (χ2n) is 5.29. The predicted molar refractivity (Wildman–Crippen MR) is 81.2 cm³/mol. The van der Waals surface area contributed by atoms with Crippen LogP contribution in [-0.2, 0) is 4.79 Å². The van der Waals surface area contributed by atoms with E-state index in [1.807, 2.05) is 37.3 Å². The van der Waals surface area contributed by atoms with Crippen LogP contribution in [0.4, 0.5) is 0 Å². The van der Waals surface area contributed by atoms with Gasteiger partial charge in [-0.2, -0.15) is 0 Å². The van der Waals surface area contributed by atoms with E-state index >= 15 is 0 Å². The molecule has 106 valence electrons. The molecule has 2 atom stereocenters. The summed E-state index contributed by atoms with van der Waals surface area (Å²) >= 11 is 0. The third kappa shape index (κ3) is 5.46. The van der Waals surface area contributed by atoms with Gasteiger partial charge in [-0.15, -0.1) is 0 Å². The van der Waals surface area contributed by atoms with E-state index < -0.39 is 0 Å². The maximum absolute atomic E-state index is 12.1. The highest BCUT2D eigenvalue weighted by atomic mass is 16.1. The first-order valence-electron chi connectivity index (χ1n) is 7.51. The molecule has 0 saturated heterocycles. The van der Waals surface area contributed by atoms with Gasteiger partial charge in [-0.3, -0.25) is 4.79 Å². The maximum Gasteiger partial charge on any atom is 0.227 e. The molecule has 0 bridgehead atoms. The Hall–Kier alpha value is -1.31. The second kappa shape index (κ2) is 8.73. The molecule has 0 heterocycles. The van der Waals surface area contributed by atoms with Crippen LogP contribution in [0.5, 0.6) is 0 Å². The summed E-state index contributed by atoms with van der Waals surface area (Å²) in [7, 11) is 0. The van der Waals surface area contributed by atoms with Crippen molar-refractivity contribution in [2.75, 3.05) is 6.54 Å². The number of amides is 1. The zero-order valence-electron chi connectivity index (χ0n) is 12.5. The third-order valence-electron chi connectivity index (χ3n) is 3.80. The van der Waals surface area contributed by atoms with E-state index in [1.165, 1.54) is 19.3 Å². The molecular formula is C17H27NO. The van der Waals surface area contributed by atoms with E-state index in [0.717, 1.165) is 18.5 Å². The quantitative estimate of drug-likeness (QED) is 0.749. The monoisotopic (exact) mass is 261 g/mol. The fourth-order valence-corrected chi connectivity index (χ4v) is 2.23. The van der Waals surface area contributed by atoms with E-state index in [-0.39, 0.29) is 11.8 Å². The number of hydrogen-bond acceptors (Lipinski definition) is 1. The first-order chi connectivity index (χ1) is 9.19. The SMILES string of the molecule is CCCCC(CC)CNC(=O)C(C)c1ccccc1. The van der Waals surface area contributed by atoms with Crippen molar-refractivity contribution in [2.24, 2.45) is 5.92 Å². The van der Waals surface area contributed by atoms with E-state index in [9.17, 15) is 4.79 Å². The fourth-order valence-electron chi connectivity index (χ4n) is 2.23. The minimum Gasteiger partial charge on any atom is -0.355 e. The first kappa shape index (κ1) is 15.7. The molecule has 1 aromatic carbocycles. The summed E-state index contributed by atoms with van der Waals surface area (Å²) in [5, 5.41) is 3.10. The Bertz CT molecular complexity index is 361. The minimum atomic E-state index is -0.0649. The molecule has 0 fully saturated rings. The van der Waals surface area contributed by atoms with Crippen LogP contribution >= 0.6 is 0 Å². The second-order valence-corrected chi connectivity index (χ2v) is 5.29. The van der Waals surface area contributed by atoms with Crippen molar-refractivity contribution >= 4 is 5.91 Å². The molecule has 1 amide bonds. The molecule has 0 spiro atoms. The van der Waals surface area contributed by atoms with Crippen LogP contribution < -0.4 is 5.32 Å². The smallest absolute Gasteiger partial charge is 0.227 e. The van der Waals surface area contributed by atoms with Gasteiger partial charge in [0.15, 0.2) is 0 Å². The van der Waals surface area contributed by atoms with Crippen LogP contribution in [0.3, 0.4) is 0 Å². The van der Waals surface area contributed by atoms with Gasteiger partial charge in [0.1, 0.15) is 0 Å². The molecule has 1 rings (SSSR count). The lowest BCUT2D eigenvalue weighted by Crippen LogP contribution is -2.32. The molecule has 2 heteroatoms. The largest absolute Gasteiger partial charge is 0.355 e. The number of unbranched alkanes of at least 4 members (excludes halogenated alkanes) is 1. The normalized spacial score (nSPS) is 13.8. The number of carbonyl (C=O) groups is 1. The van der Waals surface area contributed by atoms with E-state index in [0.29, 0.717) is 5.92 Å². The van der Waals surface area contributed by atoms with Crippen LogP contribution in [0.25, 0.3) is 0 Å². The van der Waals surface area contributed by atoms with Crippen LogP contribution in [-0.4, -0.2) is 12.5 Å². The Morgan fingerprint density at radius 2 is 1.89 bits per heavy atom. The Morgan fingerprint density at radius 1 is 1.21 bits per heavy atom. The number of benzene rings is 1. The van der Waals surface area contributed by atoms with Gasteiger partial charge in [-0.05, 0) is 24.8 Å². The molecule has 1 N–H and O–H groups in total. The summed E-state index contributed by atoms with van der Waals surface area (Å²) in [4.78, 5) is 12.1. The fraction of sp³-hybridized carbons (Fsp3) is 0.588. The molecule has 0 aliphatic carbocycles. The lowest BCUT2D eigenvalue weighted by Gasteiger charge is -2.18. The standard InChI is InChI=1S/C17H27NO/c1-4-6-10-15(5-2)13-18-17(19)14(3)16-11-8-7-9-12-16/h7-9,11-12,14-15H,4-6,10,13H2,1-3H3,(H,18,19). The molecule has 0 aliphatic heterocycles. The predicted octanol–water partition coefficient (Wildman–Crippen LogP) is 4.12. The van der Waals surface area contributed by atoms with Crippen molar-refractivity contribution in [3.8, 4) is 0 Å². The lowest BCUT2D eigenvalue weighted by molar-refractivity contribution is -0.122. The van der Waals surface area contributed by atoms with Gasteiger partial charge >= 0.3 is 0 Å². The molecule has 0 aromatic heterocycles. The van der Waals surface area contributed by atoms with Crippen LogP contribution in [0.15, 0.2) is 30.3 Å². The Labute approximate surface area is 117 Å². The molecule has 0 aliphatic rings. The Kier molecular flexibility index (Phi) is 7.24. The summed E-state index contributed by atoms with van der Waals surface area (Å²) in [5.41, 5.74) is 1.08. The molecule has 19 heavy (non-hydrogen) atoms. The number of rotatable bonds is 8. The highest BCUT2D eigenvalue weighted by molar-refractivity contribution is 5.83. The van der Waals surface area contributed by atoms with Gasteiger partial charge in [0.2, 0.25) is 5.91 Å².